The van der Waals surface area contributed by atoms with Crippen molar-refractivity contribution in [2.45, 2.75) is 64.9 Å². The Morgan fingerprint density at radius 1 is 1.21 bits per heavy atom. The quantitative estimate of drug-likeness (QED) is 0.248. The summed E-state index contributed by atoms with van der Waals surface area (Å²) in [6.45, 7) is 3.41. The van der Waals surface area contributed by atoms with E-state index < -0.39 is 29.1 Å². The summed E-state index contributed by atoms with van der Waals surface area (Å²) in [4.78, 5) is 29.6. The predicted molar refractivity (Wildman–Crippen MR) is 149 cm³/mol. The number of hydrogen-bond donors (Lipinski definition) is 2. The van der Waals surface area contributed by atoms with Gasteiger partial charge in [-0.3, -0.25) is 10.1 Å². The first kappa shape index (κ1) is 28.6. The maximum Gasteiger partial charge on any atom is 0.331 e. The number of hydrogen-bond acceptors (Lipinski definition) is 5. The van der Waals surface area contributed by atoms with Crippen LogP contribution in [0.3, 0.4) is 0 Å². The Morgan fingerprint density at radius 3 is 2.62 bits per heavy atom. The van der Waals surface area contributed by atoms with Gasteiger partial charge in [-0.2, -0.15) is 0 Å². The SMILES string of the molecule is CCCCC(CCc1cccc2c1CCc1sc(NC(=O)c3cc(F)c(/C=C(\C)C(=O)O)c(F)c3)nc1-2)OC. The number of aryl methyl sites for hydroxylation is 2. The number of ether oxygens (including phenoxy) is 1. The van der Waals surface area contributed by atoms with E-state index in [1.54, 1.807) is 7.11 Å². The maximum atomic E-state index is 14.5. The van der Waals surface area contributed by atoms with E-state index in [0.29, 0.717) is 5.13 Å². The molecule has 39 heavy (non-hydrogen) atoms. The Bertz CT molecular complexity index is 1390. The van der Waals surface area contributed by atoms with Gasteiger partial charge < -0.3 is 9.84 Å². The van der Waals surface area contributed by atoms with Gasteiger partial charge in [0.25, 0.3) is 5.91 Å². The molecular weight excluding hydrogens is 522 g/mol. The number of unbranched alkanes of at least 4 members (excludes halogenated alkanes) is 1. The molecule has 0 spiro atoms. The molecule has 2 aromatic carbocycles. The number of nitrogens with one attached hydrogen (secondary N) is 1. The Balaban J connectivity index is 1.52. The molecule has 0 radical (unpaired) electrons. The average molecular weight is 555 g/mol. The summed E-state index contributed by atoms with van der Waals surface area (Å²) in [7, 11) is 1.77. The molecule has 1 amide bonds. The molecule has 0 fully saturated rings. The number of anilines is 1. The topological polar surface area (TPSA) is 88.5 Å². The Labute approximate surface area is 230 Å². The van der Waals surface area contributed by atoms with Crippen molar-refractivity contribution in [1.29, 1.82) is 0 Å². The fourth-order valence-electron chi connectivity index (χ4n) is 4.84. The van der Waals surface area contributed by atoms with Crippen LogP contribution in [0.4, 0.5) is 13.9 Å². The number of benzene rings is 2. The molecule has 0 aliphatic heterocycles. The standard InChI is InChI=1S/C30H32F2N2O4S/c1-4-5-8-20(38-3)11-10-18-7-6-9-22-21(18)12-13-26-27(22)33-30(39-26)34-28(35)19-15-24(31)23(25(32)16-19)14-17(2)29(36)37/h6-7,9,14-16,20H,4-5,8,10-13H2,1-3H3,(H,36,37)(H,33,34,35)/b17-14+. The highest BCUT2D eigenvalue weighted by Crippen LogP contribution is 2.40. The van der Waals surface area contributed by atoms with Gasteiger partial charge in [0, 0.05) is 34.3 Å². The van der Waals surface area contributed by atoms with Crippen LogP contribution < -0.4 is 5.32 Å². The second-order valence-electron chi connectivity index (χ2n) is 9.71. The van der Waals surface area contributed by atoms with Crippen LogP contribution in [-0.2, 0) is 28.8 Å². The van der Waals surface area contributed by atoms with E-state index in [1.165, 1.54) is 29.4 Å². The van der Waals surface area contributed by atoms with Crippen LogP contribution in [0.5, 0.6) is 0 Å². The lowest BCUT2D eigenvalue weighted by atomic mass is 9.87. The minimum absolute atomic E-state index is 0.221. The lowest BCUT2D eigenvalue weighted by molar-refractivity contribution is -0.132. The molecule has 1 heterocycles. The summed E-state index contributed by atoms with van der Waals surface area (Å²) in [5, 5.41) is 12.0. The minimum atomic E-state index is -1.29. The zero-order chi connectivity index (χ0) is 28.1. The summed E-state index contributed by atoms with van der Waals surface area (Å²) in [6.07, 6.45) is 8.02. The van der Waals surface area contributed by atoms with Gasteiger partial charge in [-0.15, -0.1) is 11.3 Å². The van der Waals surface area contributed by atoms with Crippen LogP contribution in [-0.4, -0.2) is 35.2 Å². The van der Waals surface area contributed by atoms with Crippen molar-refractivity contribution in [2.75, 3.05) is 12.4 Å². The number of carboxylic acids is 1. The molecule has 1 atom stereocenters. The van der Waals surface area contributed by atoms with Gasteiger partial charge in [-0.1, -0.05) is 38.0 Å². The molecule has 6 nitrogen and oxygen atoms in total. The minimum Gasteiger partial charge on any atom is -0.478 e. The van der Waals surface area contributed by atoms with Crippen molar-refractivity contribution in [3.05, 3.63) is 74.7 Å². The number of rotatable bonds is 11. The second kappa shape index (κ2) is 12.6. The second-order valence-corrected chi connectivity index (χ2v) is 10.8. The highest BCUT2D eigenvalue weighted by Gasteiger charge is 2.24. The van der Waals surface area contributed by atoms with Crippen LogP contribution in [0.15, 0.2) is 35.9 Å². The number of methoxy groups -OCH3 is 1. The van der Waals surface area contributed by atoms with Gasteiger partial charge >= 0.3 is 5.97 Å². The molecule has 9 heteroatoms. The number of thiazole rings is 1. The first-order valence-corrected chi connectivity index (χ1v) is 13.9. The zero-order valence-electron chi connectivity index (χ0n) is 22.3. The molecule has 2 N–H and O–H groups in total. The fourth-order valence-corrected chi connectivity index (χ4v) is 5.81. The molecule has 206 valence electrons. The normalized spacial score (nSPS) is 13.5. The fraction of sp³-hybridized carbons (Fsp3) is 0.367. The number of carbonyl (C=O) groups is 2. The molecule has 1 aliphatic carbocycles. The smallest absolute Gasteiger partial charge is 0.331 e. The number of amides is 1. The van der Waals surface area contributed by atoms with Crippen LogP contribution in [0.1, 0.15) is 71.5 Å². The van der Waals surface area contributed by atoms with Gasteiger partial charge in [0.05, 0.1) is 11.8 Å². The highest BCUT2D eigenvalue weighted by molar-refractivity contribution is 7.16. The van der Waals surface area contributed by atoms with E-state index in [9.17, 15) is 18.4 Å². The van der Waals surface area contributed by atoms with E-state index in [0.717, 1.165) is 79.3 Å². The first-order chi connectivity index (χ1) is 18.7. The lowest BCUT2D eigenvalue weighted by Gasteiger charge is -2.20. The van der Waals surface area contributed by atoms with Crippen molar-refractivity contribution < 1.29 is 28.2 Å². The Morgan fingerprint density at radius 2 is 1.95 bits per heavy atom. The van der Waals surface area contributed by atoms with E-state index in [2.05, 4.69) is 23.3 Å². The van der Waals surface area contributed by atoms with Crippen molar-refractivity contribution >= 4 is 34.4 Å². The lowest BCUT2D eigenvalue weighted by Crippen LogP contribution is -2.13. The molecule has 1 unspecified atom stereocenters. The summed E-state index contributed by atoms with van der Waals surface area (Å²) in [5.41, 5.74) is 3.48. The van der Waals surface area contributed by atoms with E-state index in [4.69, 9.17) is 9.84 Å². The van der Waals surface area contributed by atoms with Gasteiger partial charge in [0.15, 0.2) is 5.13 Å². The zero-order valence-corrected chi connectivity index (χ0v) is 23.1. The Kier molecular flexibility index (Phi) is 9.24. The third-order valence-electron chi connectivity index (χ3n) is 7.04. The van der Waals surface area contributed by atoms with E-state index in [1.807, 2.05) is 12.1 Å². The monoisotopic (exact) mass is 554 g/mol. The van der Waals surface area contributed by atoms with Crippen molar-refractivity contribution in [3.63, 3.8) is 0 Å². The number of nitrogens with zero attached hydrogens (tertiary/aromatic N) is 1. The van der Waals surface area contributed by atoms with Crippen molar-refractivity contribution in [1.82, 2.24) is 4.98 Å². The number of carboxylic acid groups (broad SMARTS) is 1. The summed E-state index contributed by atoms with van der Waals surface area (Å²) in [6, 6.07) is 8.02. The summed E-state index contributed by atoms with van der Waals surface area (Å²) >= 11 is 1.36. The molecular formula is C30H32F2N2O4S. The number of carbonyl (C=O) groups excluding carboxylic acids is 1. The van der Waals surface area contributed by atoms with Gasteiger partial charge in [-0.25, -0.2) is 18.6 Å². The third kappa shape index (κ3) is 6.59. The predicted octanol–water partition coefficient (Wildman–Crippen LogP) is 7.06. The number of halogens is 2. The Hall–Kier alpha value is -3.43. The molecule has 1 aromatic heterocycles. The summed E-state index contributed by atoms with van der Waals surface area (Å²) < 4.78 is 34.8. The van der Waals surface area contributed by atoms with Crippen molar-refractivity contribution in [2.24, 2.45) is 0 Å². The van der Waals surface area contributed by atoms with Crippen LogP contribution >= 0.6 is 11.3 Å². The van der Waals surface area contributed by atoms with Crippen LogP contribution in [0, 0.1) is 11.6 Å². The maximum absolute atomic E-state index is 14.5. The number of fused-ring (bicyclic) bond motifs is 3. The molecule has 3 aromatic rings. The molecule has 1 aliphatic rings. The third-order valence-corrected chi connectivity index (χ3v) is 8.07. The van der Waals surface area contributed by atoms with Crippen molar-refractivity contribution in [3.8, 4) is 11.3 Å². The van der Waals surface area contributed by atoms with Crippen LogP contribution in [0.25, 0.3) is 17.3 Å². The molecule has 0 bridgehead atoms. The summed E-state index contributed by atoms with van der Waals surface area (Å²) in [5.74, 6) is -4.03. The number of aromatic nitrogens is 1. The van der Waals surface area contributed by atoms with E-state index in [-0.39, 0.29) is 17.2 Å². The largest absolute Gasteiger partial charge is 0.478 e. The molecule has 4 rings (SSSR count). The van der Waals surface area contributed by atoms with Gasteiger partial charge in [-0.05, 0) is 68.4 Å². The number of aliphatic carboxylic acids is 1. The van der Waals surface area contributed by atoms with Crippen LogP contribution in [0.2, 0.25) is 0 Å². The van der Waals surface area contributed by atoms with E-state index >= 15 is 0 Å². The van der Waals surface area contributed by atoms with Gasteiger partial charge in [0.2, 0.25) is 0 Å². The van der Waals surface area contributed by atoms with Gasteiger partial charge in [0.1, 0.15) is 11.6 Å². The molecule has 0 saturated heterocycles. The first-order valence-electron chi connectivity index (χ1n) is 13.1. The average Bonchev–Trinajstić information content (AvgIpc) is 3.33. The highest BCUT2D eigenvalue weighted by atomic mass is 32.1. The molecule has 0 saturated carbocycles.